The van der Waals surface area contributed by atoms with Crippen molar-refractivity contribution in [2.75, 3.05) is 0 Å². The van der Waals surface area contributed by atoms with Gasteiger partial charge in [-0.15, -0.1) is 0 Å². The highest BCUT2D eigenvalue weighted by atomic mass is 79.9. The summed E-state index contributed by atoms with van der Waals surface area (Å²) in [6.45, 7) is 1.62. The first-order valence-corrected chi connectivity index (χ1v) is 5.41. The van der Waals surface area contributed by atoms with E-state index in [1.54, 1.807) is 19.1 Å². The molecule has 1 aromatic carbocycles. The van der Waals surface area contributed by atoms with Gasteiger partial charge in [0.1, 0.15) is 0 Å². The summed E-state index contributed by atoms with van der Waals surface area (Å²) in [4.78, 5) is 10.4. The number of aliphatic carboxylic acids is 1. The van der Waals surface area contributed by atoms with E-state index in [9.17, 15) is 9.90 Å². The molecular weight excluding hydrogens is 260 g/mol. The maximum absolute atomic E-state index is 10.4. The zero-order valence-corrected chi connectivity index (χ0v) is 9.99. The van der Waals surface area contributed by atoms with Crippen LogP contribution in [0.2, 0.25) is 0 Å². The lowest BCUT2D eigenvalue weighted by atomic mass is 9.91. The molecule has 15 heavy (non-hydrogen) atoms. The van der Waals surface area contributed by atoms with Crippen molar-refractivity contribution in [2.24, 2.45) is 0 Å². The Morgan fingerprint density at radius 1 is 1.40 bits per heavy atom. The number of carboxylic acid groups (broad SMARTS) is 1. The van der Waals surface area contributed by atoms with Gasteiger partial charge < -0.3 is 10.2 Å². The van der Waals surface area contributed by atoms with Crippen LogP contribution in [-0.2, 0) is 10.4 Å². The van der Waals surface area contributed by atoms with Crippen molar-refractivity contribution in [1.82, 2.24) is 0 Å². The molecule has 3 nitrogen and oxygen atoms in total. The lowest BCUT2D eigenvalue weighted by Crippen LogP contribution is -2.22. The standard InChI is InChI=1S/C11H13BrO3/c1-11(15,7-6-10(13)14)8-2-4-9(12)5-3-8/h2-5,15H,6-7H2,1H3,(H,13,14). The Hall–Kier alpha value is -0.870. The van der Waals surface area contributed by atoms with E-state index in [2.05, 4.69) is 15.9 Å². The van der Waals surface area contributed by atoms with Crippen LogP contribution in [0.25, 0.3) is 0 Å². The molecule has 0 aromatic heterocycles. The molecule has 1 aromatic rings. The Labute approximate surface area is 96.9 Å². The van der Waals surface area contributed by atoms with Gasteiger partial charge in [0.2, 0.25) is 0 Å². The van der Waals surface area contributed by atoms with Crippen molar-refractivity contribution in [3.63, 3.8) is 0 Å². The molecule has 82 valence electrons. The minimum Gasteiger partial charge on any atom is -0.481 e. The fourth-order valence-electron chi connectivity index (χ4n) is 1.30. The third-order valence-electron chi connectivity index (χ3n) is 2.29. The maximum atomic E-state index is 10.4. The lowest BCUT2D eigenvalue weighted by molar-refractivity contribution is -0.138. The summed E-state index contributed by atoms with van der Waals surface area (Å²) >= 11 is 3.30. The molecule has 0 aliphatic rings. The Kier molecular flexibility index (Phi) is 3.88. The number of hydrogen-bond acceptors (Lipinski definition) is 2. The van der Waals surface area contributed by atoms with Gasteiger partial charge in [-0.3, -0.25) is 4.79 Å². The summed E-state index contributed by atoms with van der Waals surface area (Å²) < 4.78 is 0.931. The van der Waals surface area contributed by atoms with Crippen LogP contribution in [0.3, 0.4) is 0 Å². The largest absolute Gasteiger partial charge is 0.481 e. The van der Waals surface area contributed by atoms with Crippen LogP contribution in [0.4, 0.5) is 0 Å². The smallest absolute Gasteiger partial charge is 0.303 e. The molecule has 0 saturated heterocycles. The van der Waals surface area contributed by atoms with E-state index in [0.717, 1.165) is 10.0 Å². The summed E-state index contributed by atoms with van der Waals surface area (Å²) in [5.74, 6) is -0.896. The highest BCUT2D eigenvalue weighted by Crippen LogP contribution is 2.26. The fraction of sp³-hybridized carbons (Fsp3) is 0.364. The summed E-state index contributed by atoms with van der Waals surface area (Å²) in [5, 5.41) is 18.6. The van der Waals surface area contributed by atoms with Crippen LogP contribution in [0, 0.1) is 0 Å². The third-order valence-corrected chi connectivity index (χ3v) is 2.82. The van der Waals surface area contributed by atoms with E-state index >= 15 is 0 Å². The van der Waals surface area contributed by atoms with Gasteiger partial charge in [0, 0.05) is 10.9 Å². The van der Waals surface area contributed by atoms with Gasteiger partial charge in [0.05, 0.1) is 5.60 Å². The van der Waals surface area contributed by atoms with Gasteiger partial charge in [-0.05, 0) is 31.0 Å². The molecule has 1 rings (SSSR count). The van der Waals surface area contributed by atoms with E-state index in [4.69, 9.17) is 5.11 Å². The molecule has 0 aliphatic carbocycles. The second kappa shape index (κ2) is 4.77. The Bertz CT molecular complexity index is 343. The van der Waals surface area contributed by atoms with Crippen molar-refractivity contribution in [1.29, 1.82) is 0 Å². The number of halogens is 1. The molecule has 0 fully saturated rings. The quantitative estimate of drug-likeness (QED) is 0.886. The number of benzene rings is 1. The molecule has 1 atom stereocenters. The fourth-order valence-corrected chi connectivity index (χ4v) is 1.57. The lowest BCUT2D eigenvalue weighted by Gasteiger charge is -2.23. The predicted molar refractivity (Wildman–Crippen MR) is 60.6 cm³/mol. The minimum absolute atomic E-state index is 0.0386. The first kappa shape index (κ1) is 12.2. The molecular formula is C11H13BrO3. The van der Waals surface area contributed by atoms with Gasteiger partial charge in [-0.2, -0.15) is 0 Å². The Morgan fingerprint density at radius 3 is 2.40 bits per heavy atom. The molecule has 0 spiro atoms. The number of carboxylic acids is 1. The van der Waals surface area contributed by atoms with Crippen molar-refractivity contribution < 1.29 is 15.0 Å². The van der Waals surface area contributed by atoms with Crippen LogP contribution in [0.5, 0.6) is 0 Å². The van der Waals surface area contributed by atoms with E-state index < -0.39 is 11.6 Å². The zero-order valence-electron chi connectivity index (χ0n) is 8.40. The average Bonchev–Trinajstić information content (AvgIpc) is 2.16. The number of carbonyl (C=O) groups is 1. The van der Waals surface area contributed by atoms with Crippen molar-refractivity contribution >= 4 is 21.9 Å². The van der Waals surface area contributed by atoms with E-state index in [1.165, 1.54) is 0 Å². The molecule has 0 radical (unpaired) electrons. The monoisotopic (exact) mass is 272 g/mol. The van der Waals surface area contributed by atoms with Crippen molar-refractivity contribution in [2.45, 2.75) is 25.4 Å². The molecule has 2 N–H and O–H groups in total. The highest BCUT2D eigenvalue weighted by Gasteiger charge is 2.23. The minimum atomic E-state index is -1.08. The third kappa shape index (κ3) is 3.64. The molecule has 0 aliphatic heterocycles. The second-order valence-electron chi connectivity index (χ2n) is 3.67. The summed E-state index contributed by atoms with van der Waals surface area (Å²) in [6, 6.07) is 7.22. The second-order valence-corrected chi connectivity index (χ2v) is 4.59. The molecule has 0 amide bonds. The Balaban J connectivity index is 2.76. The summed E-state index contributed by atoms with van der Waals surface area (Å²) in [7, 11) is 0. The topological polar surface area (TPSA) is 57.5 Å². The molecule has 4 heteroatoms. The van der Waals surface area contributed by atoms with E-state index in [-0.39, 0.29) is 12.8 Å². The van der Waals surface area contributed by atoms with Gasteiger partial charge in [0.25, 0.3) is 0 Å². The number of hydrogen-bond donors (Lipinski definition) is 2. The normalized spacial score (nSPS) is 14.6. The van der Waals surface area contributed by atoms with E-state index in [1.807, 2.05) is 12.1 Å². The predicted octanol–water partition coefficient (Wildman–Crippen LogP) is 2.52. The highest BCUT2D eigenvalue weighted by molar-refractivity contribution is 9.10. The molecule has 0 bridgehead atoms. The van der Waals surface area contributed by atoms with Crippen LogP contribution in [0.1, 0.15) is 25.3 Å². The Morgan fingerprint density at radius 2 is 1.93 bits per heavy atom. The van der Waals surface area contributed by atoms with Gasteiger partial charge in [-0.1, -0.05) is 28.1 Å². The average molecular weight is 273 g/mol. The van der Waals surface area contributed by atoms with Gasteiger partial charge >= 0.3 is 5.97 Å². The summed E-state index contributed by atoms with van der Waals surface area (Å²) in [5.41, 5.74) is -0.356. The van der Waals surface area contributed by atoms with Crippen LogP contribution < -0.4 is 0 Å². The van der Waals surface area contributed by atoms with Crippen molar-refractivity contribution in [3.05, 3.63) is 34.3 Å². The summed E-state index contributed by atoms with van der Waals surface area (Å²) in [6.07, 6.45) is 0.174. The van der Waals surface area contributed by atoms with Crippen molar-refractivity contribution in [3.8, 4) is 0 Å². The first-order chi connectivity index (χ1) is 6.92. The molecule has 0 saturated carbocycles. The number of rotatable bonds is 4. The maximum Gasteiger partial charge on any atom is 0.303 e. The zero-order chi connectivity index (χ0) is 11.5. The van der Waals surface area contributed by atoms with Crippen LogP contribution >= 0.6 is 15.9 Å². The van der Waals surface area contributed by atoms with Gasteiger partial charge in [-0.25, -0.2) is 0 Å². The SMILES string of the molecule is CC(O)(CCC(=O)O)c1ccc(Br)cc1. The molecule has 0 heterocycles. The van der Waals surface area contributed by atoms with E-state index in [0.29, 0.717) is 0 Å². The first-order valence-electron chi connectivity index (χ1n) is 4.62. The molecule has 1 unspecified atom stereocenters. The van der Waals surface area contributed by atoms with Gasteiger partial charge in [0.15, 0.2) is 0 Å². The number of aliphatic hydroxyl groups is 1. The van der Waals surface area contributed by atoms with Crippen LogP contribution in [-0.4, -0.2) is 16.2 Å². The van der Waals surface area contributed by atoms with Crippen LogP contribution in [0.15, 0.2) is 28.7 Å².